The highest BCUT2D eigenvalue weighted by Gasteiger charge is 2.17. The van der Waals surface area contributed by atoms with Gasteiger partial charge in [0.15, 0.2) is 11.9 Å². The van der Waals surface area contributed by atoms with E-state index in [1.165, 1.54) is 5.56 Å². The molecular weight excluding hydrogens is 362 g/mol. The smallest absolute Gasteiger partial charge is 0.266 e. The van der Waals surface area contributed by atoms with Crippen molar-refractivity contribution in [3.63, 3.8) is 0 Å². The van der Waals surface area contributed by atoms with E-state index >= 15 is 0 Å². The number of benzene rings is 2. The fourth-order valence-corrected chi connectivity index (χ4v) is 2.98. The molecule has 0 aliphatic heterocycles. The molecule has 1 aromatic heterocycles. The Labute approximate surface area is 162 Å². The van der Waals surface area contributed by atoms with E-state index in [4.69, 9.17) is 9.47 Å². The Hall–Kier alpha value is -2.93. The summed E-state index contributed by atoms with van der Waals surface area (Å²) in [5, 5.41) is 3.19. The molecule has 7 heteroatoms. The van der Waals surface area contributed by atoms with Gasteiger partial charge in [0.05, 0.1) is 7.11 Å². The normalized spacial score (nSPS) is 11.7. The molecule has 1 N–H and O–H groups in total. The van der Waals surface area contributed by atoms with Crippen LogP contribution in [0.2, 0.25) is 0 Å². The zero-order chi connectivity index (χ0) is 19.4. The maximum Gasteiger partial charge on any atom is 0.266 e. The van der Waals surface area contributed by atoms with Crippen LogP contribution in [-0.4, -0.2) is 28.5 Å². The first-order chi connectivity index (χ1) is 13.0. The minimum absolute atomic E-state index is 0.273. The van der Waals surface area contributed by atoms with E-state index in [0.717, 1.165) is 28.4 Å². The molecule has 140 valence electrons. The predicted octanol–water partition coefficient (Wildman–Crippen LogP) is 4.24. The lowest BCUT2D eigenvalue weighted by Crippen LogP contribution is -2.30. The highest BCUT2D eigenvalue weighted by atomic mass is 32.1. The molecule has 0 fully saturated rings. The van der Waals surface area contributed by atoms with Crippen molar-refractivity contribution in [2.45, 2.75) is 26.9 Å². The average Bonchev–Trinajstić information content (AvgIpc) is 3.13. The van der Waals surface area contributed by atoms with Gasteiger partial charge in [-0.1, -0.05) is 6.07 Å². The zero-order valence-corrected chi connectivity index (χ0v) is 16.5. The first kappa shape index (κ1) is 18.8. The van der Waals surface area contributed by atoms with Gasteiger partial charge in [0.25, 0.3) is 5.91 Å². The van der Waals surface area contributed by atoms with E-state index in [2.05, 4.69) is 14.7 Å². The Bertz CT molecular complexity index is 938. The molecule has 0 aliphatic carbocycles. The molecule has 0 radical (unpaired) electrons. The molecule has 1 amide bonds. The Morgan fingerprint density at radius 3 is 2.44 bits per heavy atom. The molecular formula is C20H21N3O3S. The highest BCUT2D eigenvalue weighted by Crippen LogP contribution is 2.24. The summed E-state index contributed by atoms with van der Waals surface area (Å²) in [6, 6.07) is 13.2. The maximum absolute atomic E-state index is 12.4. The van der Waals surface area contributed by atoms with Crippen LogP contribution in [0.4, 0.5) is 5.13 Å². The van der Waals surface area contributed by atoms with Crippen molar-refractivity contribution >= 4 is 22.6 Å². The van der Waals surface area contributed by atoms with Gasteiger partial charge in [-0.2, -0.15) is 9.36 Å². The Morgan fingerprint density at radius 2 is 1.78 bits per heavy atom. The summed E-state index contributed by atoms with van der Waals surface area (Å²) in [7, 11) is 1.62. The Kier molecular flexibility index (Phi) is 5.71. The first-order valence-corrected chi connectivity index (χ1v) is 9.26. The van der Waals surface area contributed by atoms with Gasteiger partial charge in [-0.05, 0) is 68.3 Å². The van der Waals surface area contributed by atoms with Crippen LogP contribution in [-0.2, 0) is 4.79 Å². The molecule has 0 saturated carbocycles. The monoisotopic (exact) mass is 383 g/mol. The lowest BCUT2D eigenvalue weighted by molar-refractivity contribution is -0.122. The summed E-state index contributed by atoms with van der Waals surface area (Å²) in [6.45, 7) is 5.75. The minimum Gasteiger partial charge on any atom is -0.497 e. The largest absolute Gasteiger partial charge is 0.497 e. The van der Waals surface area contributed by atoms with E-state index < -0.39 is 6.10 Å². The van der Waals surface area contributed by atoms with E-state index in [1.54, 1.807) is 14.0 Å². The fourth-order valence-electron chi connectivity index (χ4n) is 2.38. The summed E-state index contributed by atoms with van der Waals surface area (Å²) in [5.74, 6) is 1.71. The van der Waals surface area contributed by atoms with Crippen LogP contribution in [0.1, 0.15) is 18.1 Å². The van der Waals surface area contributed by atoms with Gasteiger partial charge in [-0.25, -0.2) is 0 Å². The third-order valence-electron chi connectivity index (χ3n) is 4.16. The van der Waals surface area contributed by atoms with E-state index in [0.29, 0.717) is 16.7 Å². The standard InChI is InChI=1S/C20H21N3O3S/c1-12-5-8-17(11-13(12)2)26-14(3)19(24)22-20-21-18(23-27-20)15-6-9-16(25-4)10-7-15/h5-11,14H,1-4H3,(H,21,22,23,24)/t14-/m1/s1. The number of aryl methyl sites for hydroxylation is 2. The molecule has 0 aliphatic rings. The number of amides is 1. The third kappa shape index (κ3) is 4.62. The SMILES string of the molecule is COc1ccc(-c2nsc(NC(=O)[C@@H](C)Oc3ccc(C)c(C)c3)n2)cc1. The number of nitrogens with one attached hydrogen (secondary N) is 1. The minimum atomic E-state index is -0.652. The van der Waals surface area contributed by atoms with Gasteiger partial charge >= 0.3 is 0 Å². The van der Waals surface area contributed by atoms with Crippen molar-refractivity contribution in [1.82, 2.24) is 9.36 Å². The van der Waals surface area contributed by atoms with E-state index in [1.807, 2.05) is 56.3 Å². The molecule has 3 rings (SSSR count). The summed E-state index contributed by atoms with van der Waals surface area (Å²) < 4.78 is 15.2. The van der Waals surface area contributed by atoms with Crippen molar-refractivity contribution in [3.8, 4) is 22.9 Å². The molecule has 1 heterocycles. The van der Waals surface area contributed by atoms with Crippen LogP contribution in [0.15, 0.2) is 42.5 Å². The predicted molar refractivity (Wildman–Crippen MR) is 107 cm³/mol. The molecule has 0 unspecified atom stereocenters. The first-order valence-electron chi connectivity index (χ1n) is 8.49. The number of ether oxygens (including phenoxy) is 2. The van der Waals surface area contributed by atoms with Gasteiger partial charge in [0.2, 0.25) is 5.13 Å². The fraction of sp³-hybridized carbons (Fsp3) is 0.250. The van der Waals surface area contributed by atoms with Crippen molar-refractivity contribution < 1.29 is 14.3 Å². The molecule has 6 nitrogen and oxygen atoms in total. The number of rotatable bonds is 6. The van der Waals surface area contributed by atoms with Crippen LogP contribution in [0.5, 0.6) is 11.5 Å². The number of anilines is 1. The van der Waals surface area contributed by atoms with Crippen LogP contribution in [0.25, 0.3) is 11.4 Å². The number of methoxy groups -OCH3 is 1. The van der Waals surface area contributed by atoms with Gasteiger partial charge in [-0.3, -0.25) is 10.1 Å². The second-order valence-corrected chi connectivity index (χ2v) is 6.90. The second kappa shape index (κ2) is 8.18. The van der Waals surface area contributed by atoms with Crippen LogP contribution < -0.4 is 14.8 Å². The van der Waals surface area contributed by atoms with Crippen molar-refractivity contribution in [2.75, 3.05) is 12.4 Å². The lowest BCUT2D eigenvalue weighted by atomic mass is 10.1. The summed E-state index contributed by atoms with van der Waals surface area (Å²) in [5.41, 5.74) is 3.15. The molecule has 0 bridgehead atoms. The number of aromatic nitrogens is 2. The number of nitrogens with zero attached hydrogens (tertiary/aromatic N) is 2. The highest BCUT2D eigenvalue weighted by molar-refractivity contribution is 7.10. The van der Waals surface area contributed by atoms with Crippen LogP contribution in [0, 0.1) is 13.8 Å². The molecule has 0 spiro atoms. The summed E-state index contributed by atoms with van der Waals surface area (Å²) in [4.78, 5) is 16.8. The van der Waals surface area contributed by atoms with Gasteiger partial charge in [-0.15, -0.1) is 0 Å². The molecule has 27 heavy (non-hydrogen) atoms. The van der Waals surface area contributed by atoms with Gasteiger partial charge < -0.3 is 9.47 Å². The Morgan fingerprint density at radius 1 is 1.07 bits per heavy atom. The second-order valence-electron chi connectivity index (χ2n) is 6.15. The van der Waals surface area contributed by atoms with E-state index in [-0.39, 0.29) is 5.91 Å². The van der Waals surface area contributed by atoms with Crippen LogP contribution in [0.3, 0.4) is 0 Å². The molecule has 1 atom stereocenters. The van der Waals surface area contributed by atoms with Crippen molar-refractivity contribution in [2.24, 2.45) is 0 Å². The molecule has 3 aromatic rings. The molecule has 0 saturated heterocycles. The maximum atomic E-state index is 12.4. The average molecular weight is 383 g/mol. The number of hydrogen-bond acceptors (Lipinski definition) is 6. The molecule has 2 aromatic carbocycles. The number of hydrogen-bond donors (Lipinski definition) is 1. The number of carbonyl (C=O) groups excluding carboxylic acids is 1. The van der Waals surface area contributed by atoms with E-state index in [9.17, 15) is 4.79 Å². The van der Waals surface area contributed by atoms with Gasteiger partial charge in [0.1, 0.15) is 11.5 Å². The Balaban J connectivity index is 1.63. The third-order valence-corrected chi connectivity index (χ3v) is 4.80. The topological polar surface area (TPSA) is 73.3 Å². The van der Waals surface area contributed by atoms with Crippen molar-refractivity contribution in [1.29, 1.82) is 0 Å². The lowest BCUT2D eigenvalue weighted by Gasteiger charge is -2.14. The summed E-state index contributed by atoms with van der Waals surface area (Å²) >= 11 is 1.13. The quantitative estimate of drug-likeness (QED) is 0.689. The number of carbonyl (C=O) groups is 1. The van der Waals surface area contributed by atoms with Crippen LogP contribution >= 0.6 is 11.5 Å². The zero-order valence-electron chi connectivity index (χ0n) is 15.6. The van der Waals surface area contributed by atoms with Crippen molar-refractivity contribution in [3.05, 3.63) is 53.6 Å². The summed E-state index contributed by atoms with van der Waals surface area (Å²) in [6.07, 6.45) is -0.652. The van der Waals surface area contributed by atoms with Gasteiger partial charge in [0, 0.05) is 17.1 Å².